The highest BCUT2D eigenvalue weighted by molar-refractivity contribution is 9.09. The van der Waals surface area contributed by atoms with Gasteiger partial charge in [-0.2, -0.15) is 0 Å². The first-order valence-corrected chi connectivity index (χ1v) is 8.27. The van der Waals surface area contributed by atoms with Gasteiger partial charge in [0.1, 0.15) is 5.75 Å². The fourth-order valence-electron chi connectivity index (χ4n) is 2.59. The summed E-state index contributed by atoms with van der Waals surface area (Å²) in [7, 11) is 0. The molecule has 0 radical (unpaired) electrons. The minimum absolute atomic E-state index is 0.00155. The molecule has 1 N–H and O–H groups in total. The second kappa shape index (κ2) is 7.67. The second-order valence-electron chi connectivity index (χ2n) is 5.23. The van der Waals surface area contributed by atoms with E-state index in [0.717, 1.165) is 12.3 Å². The van der Waals surface area contributed by atoms with Crippen molar-refractivity contribution in [2.24, 2.45) is 5.92 Å². The summed E-state index contributed by atoms with van der Waals surface area (Å²) in [5.41, 5.74) is 0.690. The molecule has 1 saturated carbocycles. The lowest BCUT2D eigenvalue weighted by atomic mass is 9.89. The number of alkyl halides is 1. The van der Waals surface area contributed by atoms with Crippen LogP contribution in [0.3, 0.4) is 0 Å². The molecular weight excluding hydrogens is 318 g/mol. The number of ether oxygens (including phenoxy) is 1. The average Bonchev–Trinajstić information content (AvgIpc) is 2.47. The van der Waals surface area contributed by atoms with Gasteiger partial charge in [0.2, 0.25) is 0 Å². The predicted molar refractivity (Wildman–Crippen MR) is 84.6 cm³/mol. The van der Waals surface area contributed by atoms with Crippen LogP contribution in [0.2, 0.25) is 0 Å². The number of benzene rings is 1. The Hall–Kier alpha value is -1.03. The van der Waals surface area contributed by atoms with E-state index in [-0.39, 0.29) is 5.91 Å². The van der Waals surface area contributed by atoms with Crippen molar-refractivity contribution < 1.29 is 9.53 Å². The Morgan fingerprint density at radius 1 is 1.30 bits per heavy atom. The van der Waals surface area contributed by atoms with Gasteiger partial charge in [-0.15, -0.1) is 0 Å². The molecule has 2 atom stereocenters. The van der Waals surface area contributed by atoms with E-state index in [0.29, 0.717) is 22.9 Å². The summed E-state index contributed by atoms with van der Waals surface area (Å²) in [5.74, 6) is 1.35. The van der Waals surface area contributed by atoms with Gasteiger partial charge in [-0.05, 0) is 49.9 Å². The van der Waals surface area contributed by atoms with Crippen molar-refractivity contribution in [1.29, 1.82) is 0 Å². The van der Waals surface area contributed by atoms with E-state index in [9.17, 15) is 4.79 Å². The molecule has 1 aliphatic rings. The molecule has 20 heavy (non-hydrogen) atoms. The van der Waals surface area contributed by atoms with E-state index in [1.54, 1.807) is 0 Å². The largest absolute Gasteiger partial charge is 0.494 e. The number of halogens is 1. The summed E-state index contributed by atoms with van der Waals surface area (Å²) in [6, 6.07) is 7.30. The van der Waals surface area contributed by atoms with Crippen molar-refractivity contribution >= 4 is 21.8 Å². The number of nitrogens with one attached hydrogen (secondary N) is 1. The molecule has 2 unspecified atom stereocenters. The average molecular weight is 340 g/mol. The number of carbonyl (C=O) groups is 1. The molecule has 0 aliphatic heterocycles. The molecule has 1 aliphatic carbocycles. The molecule has 2 rings (SSSR count). The van der Waals surface area contributed by atoms with Gasteiger partial charge >= 0.3 is 0 Å². The quantitative estimate of drug-likeness (QED) is 0.829. The Balaban J connectivity index is 1.84. The SMILES string of the molecule is CCOc1ccc(C(=O)NCC2CCCCC2Br)cc1. The number of hydrogen-bond acceptors (Lipinski definition) is 2. The monoisotopic (exact) mass is 339 g/mol. The lowest BCUT2D eigenvalue weighted by molar-refractivity contribution is 0.0944. The van der Waals surface area contributed by atoms with Gasteiger partial charge in [0.05, 0.1) is 6.61 Å². The smallest absolute Gasteiger partial charge is 0.251 e. The maximum absolute atomic E-state index is 12.1. The highest BCUT2D eigenvalue weighted by Crippen LogP contribution is 2.29. The topological polar surface area (TPSA) is 38.3 Å². The van der Waals surface area contributed by atoms with Crippen LogP contribution in [0.4, 0.5) is 0 Å². The molecule has 0 heterocycles. The van der Waals surface area contributed by atoms with Gasteiger partial charge in [0.25, 0.3) is 5.91 Å². The summed E-state index contributed by atoms with van der Waals surface area (Å²) in [6.07, 6.45) is 4.97. The lowest BCUT2D eigenvalue weighted by Crippen LogP contribution is -2.34. The third kappa shape index (κ3) is 4.23. The van der Waals surface area contributed by atoms with Gasteiger partial charge in [-0.3, -0.25) is 4.79 Å². The van der Waals surface area contributed by atoms with Crippen LogP contribution in [0.15, 0.2) is 24.3 Å². The zero-order chi connectivity index (χ0) is 14.4. The molecule has 4 heteroatoms. The van der Waals surface area contributed by atoms with Crippen LogP contribution in [-0.2, 0) is 0 Å². The standard InChI is InChI=1S/C16H22BrNO2/c1-2-20-14-9-7-12(8-10-14)16(19)18-11-13-5-3-4-6-15(13)17/h7-10,13,15H,2-6,11H2,1H3,(H,18,19). The molecule has 1 aromatic carbocycles. The lowest BCUT2D eigenvalue weighted by Gasteiger charge is -2.27. The van der Waals surface area contributed by atoms with E-state index in [4.69, 9.17) is 4.74 Å². The van der Waals surface area contributed by atoms with Gasteiger partial charge < -0.3 is 10.1 Å². The van der Waals surface area contributed by atoms with E-state index in [1.165, 1.54) is 25.7 Å². The fraction of sp³-hybridized carbons (Fsp3) is 0.562. The normalized spacial score (nSPS) is 22.3. The summed E-state index contributed by atoms with van der Waals surface area (Å²) >= 11 is 3.72. The molecule has 0 aromatic heterocycles. The van der Waals surface area contributed by atoms with Crippen LogP contribution in [0, 0.1) is 5.92 Å². The zero-order valence-electron chi connectivity index (χ0n) is 11.9. The van der Waals surface area contributed by atoms with Crippen LogP contribution in [-0.4, -0.2) is 23.9 Å². The van der Waals surface area contributed by atoms with Crippen molar-refractivity contribution in [3.05, 3.63) is 29.8 Å². The van der Waals surface area contributed by atoms with E-state index in [1.807, 2.05) is 31.2 Å². The molecule has 1 fully saturated rings. The van der Waals surface area contributed by atoms with Gasteiger partial charge in [0.15, 0.2) is 0 Å². The second-order valence-corrected chi connectivity index (χ2v) is 6.40. The molecule has 1 aromatic rings. The molecule has 1 amide bonds. The fourth-order valence-corrected chi connectivity index (χ4v) is 3.36. The summed E-state index contributed by atoms with van der Waals surface area (Å²) < 4.78 is 5.37. The van der Waals surface area contributed by atoms with Gasteiger partial charge in [-0.25, -0.2) is 0 Å². The summed E-state index contributed by atoms with van der Waals surface area (Å²) in [6.45, 7) is 3.34. The van der Waals surface area contributed by atoms with Crippen molar-refractivity contribution in [2.75, 3.05) is 13.2 Å². The minimum Gasteiger partial charge on any atom is -0.494 e. The van der Waals surface area contributed by atoms with E-state index >= 15 is 0 Å². The molecule has 0 bridgehead atoms. The van der Waals surface area contributed by atoms with Crippen LogP contribution < -0.4 is 10.1 Å². The minimum atomic E-state index is -0.00155. The Bertz CT molecular complexity index is 433. The van der Waals surface area contributed by atoms with Crippen LogP contribution in [0.5, 0.6) is 5.75 Å². The van der Waals surface area contributed by atoms with Crippen molar-refractivity contribution in [3.63, 3.8) is 0 Å². The third-order valence-corrected chi connectivity index (χ3v) is 4.97. The molecule has 0 spiro atoms. The van der Waals surface area contributed by atoms with E-state index < -0.39 is 0 Å². The summed E-state index contributed by atoms with van der Waals surface area (Å²) in [5, 5.41) is 3.04. The molecule has 110 valence electrons. The van der Waals surface area contributed by atoms with Crippen molar-refractivity contribution in [3.8, 4) is 5.75 Å². The van der Waals surface area contributed by atoms with E-state index in [2.05, 4.69) is 21.2 Å². The number of amides is 1. The van der Waals surface area contributed by atoms with Crippen LogP contribution in [0.25, 0.3) is 0 Å². The Morgan fingerprint density at radius 3 is 2.65 bits per heavy atom. The zero-order valence-corrected chi connectivity index (χ0v) is 13.5. The molecule has 3 nitrogen and oxygen atoms in total. The van der Waals surface area contributed by atoms with Crippen molar-refractivity contribution in [2.45, 2.75) is 37.4 Å². The molecular formula is C16H22BrNO2. The molecule has 0 saturated heterocycles. The van der Waals surface area contributed by atoms with Gasteiger partial charge in [0, 0.05) is 16.9 Å². The Labute approximate surface area is 129 Å². The Morgan fingerprint density at radius 2 is 2.00 bits per heavy atom. The number of rotatable bonds is 5. The number of carbonyl (C=O) groups excluding carboxylic acids is 1. The van der Waals surface area contributed by atoms with Crippen LogP contribution >= 0.6 is 15.9 Å². The first-order valence-electron chi connectivity index (χ1n) is 7.36. The maximum Gasteiger partial charge on any atom is 0.251 e. The summed E-state index contributed by atoms with van der Waals surface area (Å²) in [4.78, 5) is 12.6. The first kappa shape index (κ1) is 15.4. The predicted octanol–water partition coefficient (Wildman–Crippen LogP) is 3.77. The highest BCUT2D eigenvalue weighted by Gasteiger charge is 2.23. The third-order valence-electron chi connectivity index (χ3n) is 3.77. The van der Waals surface area contributed by atoms with Crippen molar-refractivity contribution in [1.82, 2.24) is 5.32 Å². The first-order chi connectivity index (χ1) is 9.70. The number of hydrogen-bond donors (Lipinski definition) is 1. The maximum atomic E-state index is 12.1. The van der Waals surface area contributed by atoms with Gasteiger partial charge in [-0.1, -0.05) is 28.8 Å². The van der Waals surface area contributed by atoms with Crippen LogP contribution in [0.1, 0.15) is 43.0 Å². The Kier molecular flexibility index (Phi) is 5.89. The highest BCUT2D eigenvalue weighted by atomic mass is 79.9.